The van der Waals surface area contributed by atoms with Gasteiger partial charge in [-0.05, 0) is 25.0 Å². The highest BCUT2D eigenvalue weighted by Crippen LogP contribution is 2.40. The van der Waals surface area contributed by atoms with Crippen LogP contribution in [0.4, 0.5) is 16.3 Å². The molecule has 0 atom stereocenters. The van der Waals surface area contributed by atoms with Gasteiger partial charge in [0, 0.05) is 24.7 Å². The van der Waals surface area contributed by atoms with Crippen molar-refractivity contribution < 1.29 is 4.79 Å². The molecule has 1 aliphatic rings. The van der Waals surface area contributed by atoms with E-state index >= 15 is 0 Å². The Bertz CT molecular complexity index is 648. The minimum atomic E-state index is -0.349. The molecule has 1 aromatic carbocycles. The number of aryl methyl sites for hydroxylation is 1. The van der Waals surface area contributed by atoms with Gasteiger partial charge in [-0.3, -0.25) is 10.00 Å². The fraction of sp³-hybridized carbons (Fsp3) is 0.286. The summed E-state index contributed by atoms with van der Waals surface area (Å²) in [6, 6.07) is 8.67. The zero-order chi connectivity index (χ0) is 14.1. The van der Waals surface area contributed by atoms with E-state index in [0.29, 0.717) is 22.4 Å². The summed E-state index contributed by atoms with van der Waals surface area (Å²) in [5, 5.41) is 10.2. The number of para-hydroxylation sites is 1. The number of amides is 2. The van der Waals surface area contributed by atoms with Crippen LogP contribution in [-0.4, -0.2) is 15.8 Å². The van der Waals surface area contributed by atoms with Gasteiger partial charge in [0.2, 0.25) is 0 Å². The number of benzene rings is 1. The van der Waals surface area contributed by atoms with E-state index in [-0.39, 0.29) is 6.03 Å². The van der Waals surface area contributed by atoms with Crippen LogP contribution in [-0.2, 0) is 7.05 Å². The lowest BCUT2D eigenvalue weighted by Crippen LogP contribution is -2.20. The third-order valence-corrected chi connectivity index (χ3v) is 3.60. The number of hydrogen-bond acceptors (Lipinski definition) is 2. The molecule has 1 heterocycles. The molecule has 3 rings (SSSR count). The molecule has 20 heavy (non-hydrogen) atoms. The molecular weight excluding hydrogens is 276 g/mol. The van der Waals surface area contributed by atoms with Gasteiger partial charge >= 0.3 is 6.03 Å². The van der Waals surface area contributed by atoms with E-state index in [2.05, 4.69) is 15.7 Å². The number of anilines is 2. The second-order valence-electron chi connectivity index (χ2n) is 4.91. The molecular formula is C14H15ClN4O. The van der Waals surface area contributed by atoms with E-state index in [4.69, 9.17) is 11.6 Å². The molecule has 1 aromatic heterocycles. The molecule has 0 spiro atoms. The molecule has 2 N–H and O–H groups in total. The Balaban J connectivity index is 1.67. The normalized spacial score (nSPS) is 14.1. The van der Waals surface area contributed by atoms with E-state index in [1.54, 1.807) is 12.1 Å². The molecule has 104 valence electrons. The quantitative estimate of drug-likeness (QED) is 0.907. The maximum Gasteiger partial charge on any atom is 0.324 e. The van der Waals surface area contributed by atoms with Gasteiger partial charge < -0.3 is 5.32 Å². The third kappa shape index (κ3) is 2.77. The van der Waals surface area contributed by atoms with Crippen molar-refractivity contribution in [3.63, 3.8) is 0 Å². The highest BCUT2D eigenvalue weighted by Gasteiger charge is 2.27. The second-order valence-corrected chi connectivity index (χ2v) is 5.32. The van der Waals surface area contributed by atoms with Crippen LogP contribution in [0.3, 0.4) is 0 Å². The molecule has 0 aliphatic heterocycles. The number of nitrogens with zero attached hydrogens (tertiary/aromatic N) is 2. The lowest BCUT2D eigenvalue weighted by Gasteiger charge is -2.06. The van der Waals surface area contributed by atoms with Gasteiger partial charge in [-0.25, -0.2) is 4.79 Å². The van der Waals surface area contributed by atoms with E-state index in [1.165, 1.54) is 12.8 Å². The Hall–Kier alpha value is -2.01. The van der Waals surface area contributed by atoms with Gasteiger partial charge in [-0.1, -0.05) is 23.7 Å². The third-order valence-electron chi connectivity index (χ3n) is 3.28. The summed E-state index contributed by atoms with van der Waals surface area (Å²) in [5.41, 5.74) is 1.74. The summed E-state index contributed by atoms with van der Waals surface area (Å²) in [7, 11) is 1.89. The second kappa shape index (κ2) is 5.17. The van der Waals surface area contributed by atoms with Crippen LogP contribution >= 0.6 is 11.6 Å². The zero-order valence-electron chi connectivity index (χ0n) is 11.1. The van der Waals surface area contributed by atoms with Crippen LogP contribution in [0.1, 0.15) is 24.5 Å². The molecule has 5 nitrogen and oxygen atoms in total. The Morgan fingerprint density at radius 3 is 2.80 bits per heavy atom. The molecule has 1 fully saturated rings. The summed E-state index contributed by atoms with van der Waals surface area (Å²) < 4.78 is 1.82. The van der Waals surface area contributed by atoms with Gasteiger partial charge in [-0.2, -0.15) is 5.10 Å². The molecule has 1 saturated carbocycles. The smallest absolute Gasteiger partial charge is 0.306 e. The summed E-state index contributed by atoms with van der Waals surface area (Å²) in [4.78, 5) is 11.9. The highest BCUT2D eigenvalue weighted by atomic mass is 35.5. The number of aromatic nitrogens is 2. The Kier molecular flexibility index (Phi) is 3.36. The SMILES string of the molecule is Cn1nc(NC(=O)Nc2ccccc2Cl)cc1C1CC1. The summed E-state index contributed by atoms with van der Waals surface area (Å²) >= 11 is 5.99. The van der Waals surface area contributed by atoms with E-state index in [1.807, 2.05) is 29.9 Å². The van der Waals surface area contributed by atoms with Crippen LogP contribution in [0.15, 0.2) is 30.3 Å². The lowest BCUT2D eigenvalue weighted by atomic mass is 10.3. The fourth-order valence-corrected chi connectivity index (χ4v) is 2.32. The van der Waals surface area contributed by atoms with E-state index in [0.717, 1.165) is 5.69 Å². The number of carbonyl (C=O) groups excluding carboxylic acids is 1. The Labute approximate surface area is 121 Å². The largest absolute Gasteiger partial charge is 0.324 e. The van der Waals surface area contributed by atoms with Crippen molar-refractivity contribution in [1.82, 2.24) is 9.78 Å². The number of nitrogens with one attached hydrogen (secondary N) is 2. The predicted octanol–water partition coefficient (Wildman–Crippen LogP) is 3.59. The number of rotatable bonds is 3. The van der Waals surface area contributed by atoms with Gasteiger partial charge in [0.05, 0.1) is 10.7 Å². The number of carbonyl (C=O) groups is 1. The van der Waals surface area contributed by atoms with Crippen LogP contribution in [0, 0.1) is 0 Å². The minimum Gasteiger partial charge on any atom is -0.306 e. The van der Waals surface area contributed by atoms with Crippen molar-refractivity contribution in [1.29, 1.82) is 0 Å². The first-order chi connectivity index (χ1) is 9.63. The molecule has 0 bridgehead atoms. The number of hydrogen-bond donors (Lipinski definition) is 2. The van der Waals surface area contributed by atoms with Crippen molar-refractivity contribution >= 4 is 29.1 Å². The topological polar surface area (TPSA) is 59.0 Å². The van der Waals surface area contributed by atoms with Crippen LogP contribution in [0.5, 0.6) is 0 Å². The fourth-order valence-electron chi connectivity index (χ4n) is 2.14. The van der Waals surface area contributed by atoms with Crippen LogP contribution in [0.2, 0.25) is 5.02 Å². The summed E-state index contributed by atoms with van der Waals surface area (Å²) in [5.74, 6) is 1.15. The summed E-state index contributed by atoms with van der Waals surface area (Å²) in [6.45, 7) is 0. The predicted molar refractivity (Wildman–Crippen MR) is 79.3 cm³/mol. The highest BCUT2D eigenvalue weighted by molar-refractivity contribution is 6.33. The van der Waals surface area contributed by atoms with Crippen LogP contribution < -0.4 is 10.6 Å². The van der Waals surface area contributed by atoms with E-state index < -0.39 is 0 Å². The lowest BCUT2D eigenvalue weighted by molar-refractivity contribution is 0.262. The Morgan fingerprint density at radius 2 is 2.10 bits per heavy atom. The summed E-state index contributed by atoms with van der Waals surface area (Å²) in [6.07, 6.45) is 2.40. The van der Waals surface area contributed by atoms with Crippen LogP contribution in [0.25, 0.3) is 0 Å². The minimum absolute atomic E-state index is 0.349. The van der Waals surface area contributed by atoms with Gasteiger partial charge in [0.25, 0.3) is 0 Å². The molecule has 2 aromatic rings. The number of urea groups is 1. The van der Waals surface area contributed by atoms with Crippen molar-refractivity contribution in [3.8, 4) is 0 Å². The van der Waals surface area contributed by atoms with Gasteiger partial charge in [0.1, 0.15) is 0 Å². The molecule has 0 radical (unpaired) electrons. The standard InChI is InChI=1S/C14H15ClN4O/c1-19-12(9-6-7-9)8-13(18-19)17-14(20)16-11-5-3-2-4-10(11)15/h2-5,8-9H,6-7H2,1H3,(H2,16,17,18,20). The maximum absolute atomic E-state index is 11.9. The maximum atomic E-state index is 11.9. The average Bonchev–Trinajstić information content (AvgIpc) is 3.17. The van der Waals surface area contributed by atoms with Gasteiger partial charge in [-0.15, -0.1) is 0 Å². The Morgan fingerprint density at radius 1 is 1.35 bits per heavy atom. The molecule has 0 saturated heterocycles. The van der Waals surface area contributed by atoms with Crippen molar-refractivity contribution in [3.05, 3.63) is 41.0 Å². The monoisotopic (exact) mass is 290 g/mol. The first-order valence-electron chi connectivity index (χ1n) is 6.50. The van der Waals surface area contributed by atoms with Crippen molar-refractivity contribution in [2.75, 3.05) is 10.6 Å². The first-order valence-corrected chi connectivity index (χ1v) is 6.88. The molecule has 6 heteroatoms. The zero-order valence-corrected chi connectivity index (χ0v) is 11.8. The van der Waals surface area contributed by atoms with Gasteiger partial charge in [0.15, 0.2) is 5.82 Å². The average molecular weight is 291 g/mol. The van der Waals surface area contributed by atoms with Crippen molar-refractivity contribution in [2.45, 2.75) is 18.8 Å². The van der Waals surface area contributed by atoms with E-state index in [9.17, 15) is 4.79 Å². The molecule has 2 amide bonds. The first kappa shape index (κ1) is 13.0. The molecule has 0 unspecified atom stereocenters. The van der Waals surface area contributed by atoms with Crippen molar-refractivity contribution in [2.24, 2.45) is 7.05 Å². The molecule has 1 aliphatic carbocycles. The number of halogens is 1.